The summed E-state index contributed by atoms with van der Waals surface area (Å²) in [5.74, 6) is -0.468. The quantitative estimate of drug-likeness (QED) is 0.655. The molecule has 0 unspecified atom stereocenters. The second-order valence-corrected chi connectivity index (χ2v) is 7.59. The van der Waals surface area contributed by atoms with E-state index in [-0.39, 0.29) is 10.9 Å². The van der Waals surface area contributed by atoms with E-state index in [0.29, 0.717) is 18.0 Å². The fourth-order valence-corrected chi connectivity index (χ4v) is 4.41. The molecule has 1 aromatic heterocycles. The third-order valence-corrected chi connectivity index (χ3v) is 5.75. The minimum atomic E-state index is -0.444. The van der Waals surface area contributed by atoms with Gasteiger partial charge in [0.05, 0.1) is 9.93 Å². The van der Waals surface area contributed by atoms with Gasteiger partial charge in [-0.1, -0.05) is 11.6 Å². The number of carbonyl (C=O) groups excluding carboxylic acids is 1. The number of likely N-dealkylation sites (N-methyl/N-ethyl adjacent to an activating group) is 1. The third kappa shape index (κ3) is 3.69. The Labute approximate surface area is 167 Å². The molecule has 1 saturated heterocycles. The smallest absolute Gasteiger partial charge is 0.266 e. The van der Waals surface area contributed by atoms with Crippen molar-refractivity contribution in [1.29, 1.82) is 0 Å². The number of amidine groups is 1. The number of aromatic nitrogens is 1. The van der Waals surface area contributed by atoms with Crippen LogP contribution >= 0.6 is 23.4 Å². The second kappa shape index (κ2) is 7.90. The van der Waals surface area contributed by atoms with Crippen LogP contribution in [0.3, 0.4) is 0 Å². The van der Waals surface area contributed by atoms with Gasteiger partial charge < -0.3 is 4.57 Å². The van der Waals surface area contributed by atoms with Gasteiger partial charge in [0.1, 0.15) is 5.82 Å². The van der Waals surface area contributed by atoms with Gasteiger partial charge in [0.2, 0.25) is 0 Å². The van der Waals surface area contributed by atoms with Gasteiger partial charge in [-0.2, -0.15) is 0 Å². The molecule has 2 aromatic rings. The van der Waals surface area contributed by atoms with Crippen molar-refractivity contribution in [1.82, 2.24) is 9.47 Å². The number of thioether (sulfide) groups is 1. The first-order chi connectivity index (χ1) is 12.9. The normalized spacial score (nSPS) is 17.6. The molecule has 1 aromatic carbocycles. The molecular formula is C20H21ClFN3OS. The lowest BCUT2D eigenvalue weighted by molar-refractivity contribution is -0.122. The zero-order chi connectivity index (χ0) is 19.7. The molecule has 4 nitrogen and oxygen atoms in total. The predicted octanol–water partition coefficient (Wildman–Crippen LogP) is 5.20. The zero-order valence-corrected chi connectivity index (χ0v) is 17.3. The zero-order valence-electron chi connectivity index (χ0n) is 15.7. The van der Waals surface area contributed by atoms with Crippen LogP contribution in [-0.4, -0.2) is 33.6 Å². The highest BCUT2D eigenvalue weighted by Crippen LogP contribution is 2.34. The van der Waals surface area contributed by atoms with Crippen molar-refractivity contribution in [2.75, 3.05) is 13.1 Å². The summed E-state index contributed by atoms with van der Waals surface area (Å²) in [7, 11) is 0. The highest BCUT2D eigenvalue weighted by atomic mass is 35.5. The maximum atomic E-state index is 13.5. The number of hydrogen-bond acceptors (Lipinski definition) is 3. The van der Waals surface area contributed by atoms with Gasteiger partial charge >= 0.3 is 0 Å². The monoisotopic (exact) mass is 405 g/mol. The summed E-state index contributed by atoms with van der Waals surface area (Å²) in [6.45, 7) is 9.07. The van der Waals surface area contributed by atoms with Crippen molar-refractivity contribution >= 4 is 40.5 Å². The molecule has 0 bridgehead atoms. The van der Waals surface area contributed by atoms with E-state index in [4.69, 9.17) is 11.6 Å². The number of aliphatic imine (C=N–C) groups is 1. The van der Waals surface area contributed by atoms with Gasteiger partial charge in [-0.3, -0.25) is 14.7 Å². The summed E-state index contributed by atoms with van der Waals surface area (Å²) in [6.07, 6.45) is 1.90. The largest absolute Gasteiger partial charge is 0.318 e. The summed E-state index contributed by atoms with van der Waals surface area (Å²) >= 11 is 7.35. The Morgan fingerprint density at radius 1 is 1.26 bits per heavy atom. The average molecular weight is 406 g/mol. The summed E-state index contributed by atoms with van der Waals surface area (Å²) in [5.41, 5.74) is 3.67. The van der Waals surface area contributed by atoms with Crippen LogP contribution in [0.4, 0.5) is 4.39 Å². The minimum Gasteiger partial charge on any atom is -0.318 e. The van der Waals surface area contributed by atoms with Crippen molar-refractivity contribution in [3.8, 4) is 5.69 Å². The van der Waals surface area contributed by atoms with Crippen molar-refractivity contribution in [2.24, 2.45) is 4.99 Å². The van der Waals surface area contributed by atoms with Crippen LogP contribution < -0.4 is 0 Å². The molecule has 2 heterocycles. The van der Waals surface area contributed by atoms with Gasteiger partial charge in [-0.15, -0.1) is 0 Å². The Bertz CT molecular complexity index is 964. The minimum absolute atomic E-state index is 0.0238. The molecule has 142 valence electrons. The van der Waals surface area contributed by atoms with Gasteiger partial charge in [-0.05, 0) is 75.4 Å². The molecule has 1 aliphatic heterocycles. The average Bonchev–Trinajstić information content (AvgIpc) is 3.07. The van der Waals surface area contributed by atoms with E-state index < -0.39 is 5.82 Å². The fraction of sp³-hybridized carbons (Fsp3) is 0.300. The highest BCUT2D eigenvalue weighted by Gasteiger charge is 2.32. The highest BCUT2D eigenvalue weighted by molar-refractivity contribution is 8.18. The van der Waals surface area contributed by atoms with Crippen LogP contribution in [-0.2, 0) is 4.79 Å². The van der Waals surface area contributed by atoms with E-state index in [0.717, 1.165) is 27.8 Å². The van der Waals surface area contributed by atoms with Crippen molar-refractivity contribution < 1.29 is 9.18 Å². The fourth-order valence-electron chi connectivity index (χ4n) is 3.14. The van der Waals surface area contributed by atoms with Gasteiger partial charge in [0.15, 0.2) is 5.17 Å². The van der Waals surface area contributed by atoms with Crippen molar-refractivity contribution in [3.05, 3.63) is 57.0 Å². The summed E-state index contributed by atoms with van der Waals surface area (Å²) in [5, 5.41) is 0.829. The van der Waals surface area contributed by atoms with E-state index >= 15 is 0 Å². The summed E-state index contributed by atoms with van der Waals surface area (Å²) in [4.78, 5) is 19.4. The first kappa shape index (κ1) is 19.7. The molecule has 1 amide bonds. The Balaban J connectivity index is 2.02. The topological polar surface area (TPSA) is 37.6 Å². The molecule has 0 atom stereocenters. The first-order valence-corrected chi connectivity index (χ1v) is 9.97. The number of halogens is 2. The van der Waals surface area contributed by atoms with Crippen LogP contribution in [0.5, 0.6) is 0 Å². The number of benzene rings is 1. The van der Waals surface area contributed by atoms with E-state index in [9.17, 15) is 9.18 Å². The van der Waals surface area contributed by atoms with Gasteiger partial charge in [0.25, 0.3) is 5.91 Å². The first-order valence-electron chi connectivity index (χ1n) is 8.77. The Kier molecular flexibility index (Phi) is 5.77. The van der Waals surface area contributed by atoms with Crippen molar-refractivity contribution in [2.45, 2.75) is 27.7 Å². The van der Waals surface area contributed by atoms with Gasteiger partial charge in [-0.25, -0.2) is 4.39 Å². The van der Waals surface area contributed by atoms with Crippen LogP contribution in [0.15, 0.2) is 34.2 Å². The number of amides is 1. The molecule has 7 heteroatoms. The Morgan fingerprint density at radius 3 is 2.63 bits per heavy atom. The molecule has 3 rings (SSSR count). The van der Waals surface area contributed by atoms with E-state index in [1.165, 1.54) is 17.8 Å². The lowest BCUT2D eigenvalue weighted by atomic mass is 10.2. The van der Waals surface area contributed by atoms with Crippen LogP contribution in [0.25, 0.3) is 11.8 Å². The van der Waals surface area contributed by atoms with E-state index in [1.807, 2.05) is 44.4 Å². The second-order valence-electron chi connectivity index (χ2n) is 6.18. The predicted molar refractivity (Wildman–Crippen MR) is 111 cm³/mol. The number of hydrogen-bond donors (Lipinski definition) is 0. The van der Waals surface area contributed by atoms with E-state index in [1.54, 1.807) is 17.0 Å². The van der Waals surface area contributed by atoms with Crippen molar-refractivity contribution in [3.63, 3.8) is 0 Å². The van der Waals surface area contributed by atoms with Crippen LogP contribution in [0, 0.1) is 19.7 Å². The van der Waals surface area contributed by atoms with Gasteiger partial charge in [0, 0.05) is 30.2 Å². The molecular weight excluding hydrogens is 385 g/mol. The molecule has 0 aliphatic carbocycles. The number of rotatable bonds is 4. The number of carbonyl (C=O) groups is 1. The molecule has 0 spiro atoms. The maximum absolute atomic E-state index is 13.5. The lowest BCUT2D eigenvalue weighted by Crippen LogP contribution is -2.28. The molecule has 0 saturated carbocycles. The van der Waals surface area contributed by atoms with E-state index in [2.05, 4.69) is 4.99 Å². The van der Waals surface area contributed by atoms with Crippen LogP contribution in [0.1, 0.15) is 30.8 Å². The molecule has 0 N–H and O–H groups in total. The SMILES string of the molecule is CCN=C1S/C(=C\c2cc(C)n(-c3ccc(F)c(Cl)c3)c2C)C(=O)N1CC. The maximum Gasteiger partial charge on any atom is 0.266 e. The summed E-state index contributed by atoms with van der Waals surface area (Å²) < 4.78 is 15.5. The Morgan fingerprint density at radius 2 is 2.00 bits per heavy atom. The standard InChI is InChI=1S/C20H21ClFN3OS/c1-5-23-20-24(6-2)19(26)18(27-20)10-14-9-12(3)25(13(14)4)15-7-8-17(22)16(21)11-15/h7-11H,5-6H2,1-4H3/b18-10-,23-20?. The Hall–Kier alpha value is -2.05. The number of aryl methyl sites for hydroxylation is 1. The number of nitrogens with zero attached hydrogens (tertiary/aromatic N) is 3. The summed E-state index contributed by atoms with van der Waals surface area (Å²) in [6, 6.07) is 6.67. The third-order valence-electron chi connectivity index (χ3n) is 4.42. The molecule has 27 heavy (non-hydrogen) atoms. The van der Waals surface area contributed by atoms with Crippen LogP contribution in [0.2, 0.25) is 5.02 Å². The lowest BCUT2D eigenvalue weighted by Gasteiger charge is -2.11. The molecule has 1 aliphatic rings. The molecule has 1 fully saturated rings. The molecule has 0 radical (unpaired) electrons.